The average molecular weight is 863 g/mol. The molecule has 15 N–H and O–H groups in total. The lowest BCUT2D eigenvalue weighted by Gasteiger charge is -2.43. The Morgan fingerprint density at radius 1 is 0.365 bits per heavy atom. The minimum absolute atomic E-state index is 0.00534. The molecule has 2 aliphatic carbocycles. The molecule has 6 aromatic rings. The van der Waals surface area contributed by atoms with Crippen LogP contribution in [0.4, 0.5) is 0 Å². The number of fused-ring (bicyclic) bond motifs is 3. The molecule has 0 amide bonds. The predicted molar refractivity (Wildman–Crippen MR) is 220 cm³/mol. The van der Waals surface area contributed by atoms with Gasteiger partial charge in [0.05, 0.1) is 18.1 Å². The van der Waals surface area contributed by atoms with Crippen molar-refractivity contribution in [3.63, 3.8) is 0 Å². The third-order valence-corrected chi connectivity index (χ3v) is 12.9. The van der Waals surface area contributed by atoms with Crippen molar-refractivity contribution >= 4 is 0 Å². The number of aliphatic hydroxyl groups is 3. The summed E-state index contributed by atoms with van der Waals surface area (Å²) >= 11 is 0. The molecule has 16 nitrogen and oxygen atoms in total. The molecule has 0 saturated carbocycles. The fourth-order valence-corrected chi connectivity index (χ4v) is 10.0. The summed E-state index contributed by atoms with van der Waals surface area (Å²) in [6, 6.07) is 15.7. The zero-order valence-electron chi connectivity index (χ0n) is 32.9. The lowest BCUT2D eigenvalue weighted by molar-refractivity contribution is 0.00650. The van der Waals surface area contributed by atoms with Crippen LogP contribution < -0.4 is 4.74 Å². The van der Waals surface area contributed by atoms with E-state index in [0.29, 0.717) is 5.56 Å². The number of ether oxygens (including phenoxy) is 1. The van der Waals surface area contributed by atoms with Crippen LogP contribution in [0.3, 0.4) is 0 Å². The Labute approximate surface area is 357 Å². The number of phenolic OH excluding ortho intramolecular Hbond substituents is 12. The molecule has 0 spiro atoms. The topological polar surface area (TPSA) is 313 Å². The Bertz CT molecular complexity index is 2840. The standard InChI is InChI=1S/C47H42O16/c48-20-10-34(57)42-38(11-20)63-47(19-3-6-28(51)33(56)9-19)46(62)44(42)41-25-13-22(18-2-5-27(50)32(55)8-18)45(61)43(40(25)36(59)16-37(41)60)39-24-12-21(17-1-4-26(49)31(54)7-17)29(52)14-23(24)30(53)15-35(39)58/h1-11,15-16,21-22,29,43-62H,12-14H2. The van der Waals surface area contributed by atoms with Crippen molar-refractivity contribution in [3.8, 4) is 74.7 Å². The number of aromatic hydroxyl groups is 12. The van der Waals surface area contributed by atoms with Crippen molar-refractivity contribution in [2.24, 2.45) is 0 Å². The van der Waals surface area contributed by atoms with E-state index in [2.05, 4.69) is 0 Å². The zero-order chi connectivity index (χ0) is 44.9. The van der Waals surface area contributed by atoms with Gasteiger partial charge in [-0.15, -0.1) is 0 Å². The van der Waals surface area contributed by atoms with E-state index < -0.39 is 111 Å². The third kappa shape index (κ3) is 6.57. The Morgan fingerprint density at radius 3 is 1.40 bits per heavy atom. The van der Waals surface area contributed by atoms with E-state index in [1.807, 2.05) is 0 Å². The number of aliphatic hydroxyl groups excluding tert-OH is 3. The third-order valence-electron chi connectivity index (χ3n) is 12.9. The highest BCUT2D eigenvalue weighted by Gasteiger charge is 2.49. The van der Waals surface area contributed by atoms with Gasteiger partial charge in [0.25, 0.3) is 0 Å². The molecular formula is C47H42O16. The summed E-state index contributed by atoms with van der Waals surface area (Å²) in [5, 5.41) is 168. The average Bonchev–Trinajstić information content (AvgIpc) is 3.22. The molecule has 63 heavy (non-hydrogen) atoms. The van der Waals surface area contributed by atoms with Gasteiger partial charge in [0.2, 0.25) is 0 Å². The summed E-state index contributed by atoms with van der Waals surface area (Å²) in [6.07, 6.45) is -6.43. The summed E-state index contributed by atoms with van der Waals surface area (Å²) in [7, 11) is 0. The highest BCUT2D eigenvalue weighted by Crippen LogP contribution is 2.59. The van der Waals surface area contributed by atoms with Gasteiger partial charge in [0.15, 0.2) is 40.6 Å². The summed E-state index contributed by atoms with van der Waals surface area (Å²) < 4.78 is 6.13. The number of phenols is 12. The largest absolute Gasteiger partial charge is 0.508 e. The van der Waals surface area contributed by atoms with Gasteiger partial charge in [-0.3, -0.25) is 0 Å². The molecule has 0 radical (unpaired) electrons. The van der Waals surface area contributed by atoms with Crippen LogP contribution >= 0.6 is 0 Å². The smallest absolute Gasteiger partial charge is 0.157 e. The fourth-order valence-electron chi connectivity index (χ4n) is 10.0. The first-order valence-electron chi connectivity index (χ1n) is 19.9. The van der Waals surface area contributed by atoms with Crippen molar-refractivity contribution < 1.29 is 81.3 Å². The molecule has 16 heteroatoms. The van der Waals surface area contributed by atoms with E-state index in [-0.39, 0.29) is 80.8 Å². The maximum absolute atomic E-state index is 12.7. The van der Waals surface area contributed by atoms with Gasteiger partial charge < -0.3 is 81.3 Å². The van der Waals surface area contributed by atoms with Crippen LogP contribution in [0.2, 0.25) is 0 Å². The van der Waals surface area contributed by atoms with Crippen LogP contribution in [0.1, 0.15) is 85.4 Å². The summed E-state index contributed by atoms with van der Waals surface area (Å²) in [4.78, 5) is 0. The predicted octanol–water partition coefficient (Wildman–Crippen LogP) is 4.86. The van der Waals surface area contributed by atoms with Crippen LogP contribution in [0.15, 0.2) is 78.9 Å². The molecule has 1 aliphatic heterocycles. The Kier molecular flexibility index (Phi) is 9.69. The van der Waals surface area contributed by atoms with Gasteiger partial charge in [-0.2, -0.15) is 0 Å². The fraction of sp³-hybridized carbons (Fsp3) is 0.234. The lowest BCUT2D eigenvalue weighted by atomic mass is 9.64. The Balaban J connectivity index is 1.31. The van der Waals surface area contributed by atoms with Gasteiger partial charge in [0, 0.05) is 76.3 Å². The summed E-state index contributed by atoms with van der Waals surface area (Å²) in [5.74, 6) is -11.0. The van der Waals surface area contributed by atoms with Gasteiger partial charge >= 0.3 is 0 Å². The van der Waals surface area contributed by atoms with E-state index >= 15 is 0 Å². The van der Waals surface area contributed by atoms with Gasteiger partial charge in [0.1, 0.15) is 46.4 Å². The van der Waals surface area contributed by atoms with Gasteiger partial charge in [-0.25, -0.2) is 0 Å². The molecule has 6 aromatic carbocycles. The Morgan fingerprint density at radius 2 is 0.825 bits per heavy atom. The first kappa shape index (κ1) is 41.0. The molecule has 0 saturated heterocycles. The lowest BCUT2D eigenvalue weighted by Crippen LogP contribution is -2.39. The molecular weight excluding hydrogens is 821 g/mol. The van der Waals surface area contributed by atoms with Crippen molar-refractivity contribution in [2.45, 2.75) is 67.3 Å². The van der Waals surface area contributed by atoms with Crippen LogP contribution in [-0.4, -0.2) is 94.9 Å². The minimum Gasteiger partial charge on any atom is -0.508 e. The minimum atomic E-state index is -1.74. The molecule has 8 atom stereocenters. The van der Waals surface area contributed by atoms with Crippen molar-refractivity contribution in [1.82, 2.24) is 0 Å². The highest BCUT2D eigenvalue weighted by atomic mass is 16.5. The second-order valence-electron chi connectivity index (χ2n) is 16.5. The van der Waals surface area contributed by atoms with E-state index in [1.54, 1.807) is 0 Å². The second-order valence-corrected chi connectivity index (χ2v) is 16.5. The van der Waals surface area contributed by atoms with E-state index in [9.17, 15) is 76.6 Å². The van der Waals surface area contributed by atoms with Crippen LogP contribution in [0.25, 0.3) is 0 Å². The number of benzene rings is 6. The van der Waals surface area contributed by atoms with E-state index in [1.165, 1.54) is 48.5 Å². The molecule has 326 valence electrons. The molecule has 0 fully saturated rings. The first-order valence-corrected chi connectivity index (χ1v) is 19.9. The second kappa shape index (κ2) is 14.9. The van der Waals surface area contributed by atoms with E-state index in [0.717, 1.165) is 30.3 Å². The van der Waals surface area contributed by atoms with Crippen LogP contribution in [-0.2, 0) is 19.3 Å². The van der Waals surface area contributed by atoms with Gasteiger partial charge in [-0.1, -0.05) is 18.2 Å². The Hall–Kier alpha value is -7.40. The summed E-state index contributed by atoms with van der Waals surface area (Å²) in [6.45, 7) is 0. The van der Waals surface area contributed by atoms with Gasteiger partial charge in [-0.05, 0) is 77.1 Å². The number of hydrogen-bond donors (Lipinski definition) is 15. The maximum atomic E-state index is 12.7. The molecule has 3 aliphatic rings. The molecule has 9 rings (SSSR count). The number of hydrogen-bond acceptors (Lipinski definition) is 16. The van der Waals surface area contributed by atoms with E-state index in [4.69, 9.17) is 4.74 Å². The molecule has 0 bridgehead atoms. The van der Waals surface area contributed by atoms with Crippen molar-refractivity contribution in [1.29, 1.82) is 0 Å². The van der Waals surface area contributed by atoms with Crippen molar-refractivity contribution in [3.05, 3.63) is 134 Å². The maximum Gasteiger partial charge on any atom is 0.157 e. The molecule has 8 unspecified atom stereocenters. The quantitative estimate of drug-likeness (QED) is 0.103. The molecule has 1 heterocycles. The SMILES string of the molecule is Oc1cc(O)c2c(c1)OC(c1ccc(O)c(O)c1)C(O)C2c1c(O)cc(O)c2c1CC(c1ccc(O)c(O)c1)C(O)C2c1c(O)cc(O)c2c1CC(c1ccc(O)c(O)c1)C(O)C2. The number of rotatable bonds is 5. The molecule has 0 aromatic heterocycles. The highest BCUT2D eigenvalue weighted by molar-refractivity contribution is 5.68. The summed E-state index contributed by atoms with van der Waals surface area (Å²) in [5.41, 5.74) is 1.05. The van der Waals surface area contributed by atoms with Crippen molar-refractivity contribution in [2.75, 3.05) is 0 Å². The van der Waals surface area contributed by atoms with Crippen LogP contribution in [0.5, 0.6) is 74.7 Å². The first-order chi connectivity index (χ1) is 29.9. The normalized spacial score (nSPS) is 23.9. The van der Waals surface area contributed by atoms with Crippen LogP contribution in [0, 0.1) is 0 Å². The zero-order valence-corrected chi connectivity index (χ0v) is 32.9. The monoisotopic (exact) mass is 862 g/mol.